The number of nitrogens with zero attached hydrogens (tertiary/aromatic N) is 1. The summed E-state index contributed by atoms with van der Waals surface area (Å²) in [5.74, 6) is 6.00. The molecule has 1 amide bonds. The maximum absolute atomic E-state index is 11.7. The van der Waals surface area contributed by atoms with Crippen molar-refractivity contribution < 1.29 is 9.53 Å². The number of para-hydroxylation sites is 1. The molecule has 0 aliphatic carbocycles. The van der Waals surface area contributed by atoms with Crippen molar-refractivity contribution in [2.75, 3.05) is 13.2 Å². The molecule has 3 N–H and O–H groups in total. The second-order valence-electron chi connectivity index (χ2n) is 4.36. The molecule has 1 unspecified atom stereocenters. The van der Waals surface area contributed by atoms with E-state index >= 15 is 0 Å². The Kier molecular flexibility index (Phi) is 4.17. The van der Waals surface area contributed by atoms with Gasteiger partial charge >= 0.3 is 0 Å². The van der Waals surface area contributed by atoms with Crippen LogP contribution in [0.2, 0.25) is 0 Å². The van der Waals surface area contributed by atoms with Gasteiger partial charge in [-0.05, 0) is 12.5 Å². The Morgan fingerprint density at radius 2 is 2.33 bits per heavy atom. The number of benzene rings is 1. The maximum atomic E-state index is 11.7. The van der Waals surface area contributed by atoms with Crippen LogP contribution in [-0.4, -0.2) is 30.0 Å². The van der Waals surface area contributed by atoms with Gasteiger partial charge in [0.1, 0.15) is 12.4 Å². The predicted octanol–water partition coefficient (Wildman–Crippen LogP) is 0.650. The molecule has 1 atom stereocenters. The van der Waals surface area contributed by atoms with Gasteiger partial charge in [-0.25, -0.2) is 5.84 Å². The summed E-state index contributed by atoms with van der Waals surface area (Å²) in [6, 6.07) is 7.72. The molecule has 1 aromatic rings. The maximum Gasteiger partial charge on any atom is 0.251 e. The third kappa shape index (κ3) is 2.63. The molecule has 2 rings (SSSR count). The minimum Gasteiger partial charge on any atom is -0.492 e. The lowest BCUT2D eigenvalue weighted by Crippen LogP contribution is -2.49. The van der Waals surface area contributed by atoms with Crippen LogP contribution in [0.4, 0.5) is 0 Å². The minimum atomic E-state index is -0.204. The van der Waals surface area contributed by atoms with E-state index in [0.717, 1.165) is 24.3 Å². The first-order chi connectivity index (χ1) is 8.76. The molecule has 1 aromatic carbocycles. The first kappa shape index (κ1) is 12.9. The zero-order chi connectivity index (χ0) is 13.0. The van der Waals surface area contributed by atoms with Crippen molar-refractivity contribution in [3.8, 4) is 5.75 Å². The highest BCUT2D eigenvalue weighted by atomic mass is 16.5. The molecule has 0 aromatic heterocycles. The van der Waals surface area contributed by atoms with Gasteiger partial charge in [0.15, 0.2) is 0 Å². The Balaban J connectivity index is 2.18. The van der Waals surface area contributed by atoms with Crippen LogP contribution in [-0.2, 0) is 11.3 Å². The molecule has 5 heteroatoms. The summed E-state index contributed by atoms with van der Waals surface area (Å²) < 4.78 is 5.68. The molecule has 1 heterocycles. The van der Waals surface area contributed by atoms with Crippen LogP contribution in [0.25, 0.3) is 0 Å². The van der Waals surface area contributed by atoms with Crippen LogP contribution in [0.15, 0.2) is 24.3 Å². The number of nitrogens with one attached hydrogen (secondary N) is 1. The van der Waals surface area contributed by atoms with Gasteiger partial charge in [0.25, 0.3) is 5.91 Å². The van der Waals surface area contributed by atoms with Crippen LogP contribution in [0.3, 0.4) is 0 Å². The van der Waals surface area contributed by atoms with Crippen LogP contribution in [0, 0.1) is 0 Å². The van der Waals surface area contributed by atoms with E-state index in [9.17, 15) is 4.79 Å². The van der Waals surface area contributed by atoms with E-state index in [2.05, 4.69) is 10.3 Å². The molecular weight excluding hydrogens is 230 g/mol. The molecule has 1 aliphatic heterocycles. The first-order valence-corrected chi connectivity index (χ1v) is 6.21. The molecule has 18 heavy (non-hydrogen) atoms. The summed E-state index contributed by atoms with van der Waals surface area (Å²) in [5, 5.41) is 0. The first-order valence-electron chi connectivity index (χ1n) is 6.21. The van der Waals surface area contributed by atoms with Gasteiger partial charge in [-0.2, -0.15) is 0 Å². The fraction of sp³-hybridized carbons (Fsp3) is 0.462. The van der Waals surface area contributed by atoms with Crippen LogP contribution < -0.4 is 16.0 Å². The number of carbonyl (C=O) groups excluding carboxylic acids is 1. The highest BCUT2D eigenvalue weighted by Crippen LogP contribution is 2.23. The molecule has 5 nitrogen and oxygen atoms in total. The Morgan fingerprint density at radius 3 is 3.06 bits per heavy atom. The van der Waals surface area contributed by atoms with Crippen molar-refractivity contribution in [1.82, 2.24) is 10.3 Å². The standard InChI is InChI=1S/C13H19N3O2/c1-2-11(13(17)15-14)16-7-8-18-12-6-4-3-5-10(12)9-16/h3-6,11H,2,7-9,14H2,1H3,(H,15,17). The largest absolute Gasteiger partial charge is 0.492 e. The van der Waals surface area contributed by atoms with Crippen molar-refractivity contribution in [1.29, 1.82) is 0 Å². The number of hydrazine groups is 1. The van der Waals surface area contributed by atoms with E-state index < -0.39 is 0 Å². The number of nitrogens with two attached hydrogens (primary N) is 1. The van der Waals surface area contributed by atoms with Crippen molar-refractivity contribution in [2.24, 2.45) is 5.84 Å². The van der Waals surface area contributed by atoms with E-state index in [1.165, 1.54) is 0 Å². The van der Waals surface area contributed by atoms with E-state index in [4.69, 9.17) is 10.6 Å². The molecular formula is C13H19N3O2. The molecule has 1 aliphatic rings. The zero-order valence-corrected chi connectivity index (χ0v) is 10.6. The monoisotopic (exact) mass is 249 g/mol. The Hall–Kier alpha value is -1.59. The number of fused-ring (bicyclic) bond motifs is 1. The predicted molar refractivity (Wildman–Crippen MR) is 68.8 cm³/mol. The summed E-state index contributed by atoms with van der Waals surface area (Å²) in [5.41, 5.74) is 3.35. The molecule has 98 valence electrons. The summed E-state index contributed by atoms with van der Waals surface area (Å²) in [6.45, 7) is 4.01. The van der Waals surface area contributed by atoms with Crippen LogP contribution in [0.5, 0.6) is 5.75 Å². The van der Waals surface area contributed by atoms with E-state index in [-0.39, 0.29) is 11.9 Å². The van der Waals surface area contributed by atoms with Gasteiger partial charge in [-0.1, -0.05) is 25.1 Å². The summed E-state index contributed by atoms with van der Waals surface area (Å²) in [6.07, 6.45) is 0.727. The molecule has 0 saturated heterocycles. The molecule has 0 saturated carbocycles. The number of hydrogen-bond acceptors (Lipinski definition) is 4. The second kappa shape index (κ2) is 5.84. The lowest BCUT2D eigenvalue weighted by molar-refractivity contribution is -0.127. The molecule has 0 fully saturated rings. The highest BCUT2D eigenvalue weighted by Gasteiger charge is 2.26. The van der Waals surface area contributed by atoms with E-state index in [1.807, 2.05) is 31.2 Å². The Bertz CT molecular complexity index is 422. The van der Waals surface area contributed by atoms with Gasteiger partial charge in [0, 0.05) is 18.7 Å². The fourth-order valence-electron chi connectivity index (χ4n) is 2.32. The van der Waals surface area contributed by atoms with Gasteiger partial charge in [-0.15, -0.1) is 0 Å². The minimum absolute atomic E-state index is 0.142. The zero-order valence-electron chi connectivity index (χ0n) is 10.6. The number of hydrogen-bond donors (Lipinski definition) is 2. The Labute approximate surface area is 107 Å². The quantitative estimate of drug-likeness (QED) is 0.469. The number of carbonyl (C=O) groups is 1. The number of ether oxygens (including phenoxy) is 1. The summed E-state index contributed by atoms with van der Waals surface area (Å²) >= 11 is 0. The molecule has 0 bridgehead atoms. The van der Waals surface area contributed by atoms with E-state index in [1.54, 1.807) is 0 Å². The lowest BCUT2D eigenvalue weighted by Gasteiger charge is -2.27. The third-order valence-corrected chi connectivity index (χ3v) is 3.25. The van der Waals surface area contributed by atoms with Gasteiger partial charge in [0.2, 0.25) is 0 Å². The van der Waals surface area contributed by atoms with Gasteiger partial charge in [-0.3, -0.25) is 15.1 Å². The van der Waals surface area contributed by atoms with Gasteiger partial charge in [0.05, 0.1) is 6.04 Å². The topological polar surface area (TPSA) is 67.6 Å². The summed E-state index contributed by atoms with van der Waals surface area (Å²) in [7, 11) is 0. The normalized spacial score (nSPS) is 17.2. The van der Waals surface area contributed by atoms with Crippen LogP contribution >= 0.6 is 0 Å². The Morgan fingerprint density at radius 1 is 1.56 bits per heavy atom. The number of amides is 1. The number of rotatable bonds is 3. The highest BCUT2D eigenvalue weighted by molar-refractivity contribution is 5.81. The van der Waals surface area contributed by atoms with Gasteiger partial charge < -0.3 is 4.74 Å². The summed E-state index contributed by atoms with van der Waals surface area (Å²) in [4.78, 5) is 13.9. The van der Waals surface area contributed by atoms with Crippen molar-refractivity contribution in [3.63, 3.8) is 0 Å². The fourth-order valence-corrected chi connectivity index (χ4v) is 2.32. The van der Waals surface area contributed by atoms with Crippen molar-refractivity contribution in [2.45, 2.75) is 25.9 Å². The molecule has 0 radical (unpaired) electrons. The smallest absolute Gasteiger partial charge is 0.251 e. The average molecular weight is 249 g/mol. The average Bonchev–Trinajstić information content (AvgIpc) is 2.61. The van der Waals surface area contributed by atoms with Crippen LogP contribution in [0.1, 0.15) is 18.9 Å². The van der Waals surface area contributed by atoms with E-state index in [0.29, 0.717) is 13.2 Å². The van der Waals surface area contributed by atoms with Crippen molar-refractivity contribution in [3.05, 3.63) is 29.8 Å². The second-order valence-corrected chi connectivity index (χ2v) is 4.36. The molecule has 0 spiro atoms. The lowest BCUT2D eigenvalue weighted by atomic mass is 10.1. The SMILES string of the molecule is CCC(C(=O)NN)N1CCOc2ccccc2C1. The van der Waals surface area contributed by atoms with Crippen molar-refractivity contribution >= 4 is 5.91 Å². The third-order valence-electron chi connectivity index (χ3n) is 3.25.